The normalized spacial score (nSPS) is 14.5. The third kappa shape index (κ3) is 3.27. The van der Waals surface area contributed by atoms with Gasteiger partial charge in [0.05, 0.1) is 5.92 Å². The van der Waals surface area contributed by atoms with Gasteiger partial charge in [0, 0.05) is 10.1 Å². The van der Waals surface area contributed by atoms with E-state index >= 15 is 0 Å². The second-order valence-electron chi connectivity index (χ2n) is 4.20. The van der Waals surface area contributed by atoms with E-state index in [9.17, 15) is 4.79 Å². The Morgan fingerprint density at radius 1 is 1.25 bits per heavy atom. The smallest absolute Gasteiger partial charge is 0.307 e. The number of benzene rings is 1. The zero-order chi connectivity index (χ0) is 12.3. The van der Waals surface area contributed by atoms with Crippen LogP contribution in [0.1, 0.15) is 25.0 Å². The van der Waals surface area contributed by atoms with Gasteiger partial charge in [-0.15, -0.1) is 11.8 Å². The Balaban J connectivity index is 2.73. The lowest BCUT2D eigenvalue weighted by Gasteiger charge is -2.16. The van der Waals surface area contributed by atoms with Crippen molar-refractivity contribution in [2.45, 2.75) is 37.8 Å². The van der Waals surface area contributed by atoms with Crippen LogP contribution in [0.15, 0.2) is 23.1 Å². The molecular weight excluding hydrogens is 220 g/mol. The quantitative estimate of drug-likeness (QED) is 0.816. The van der Waals surface area contributed by atoms with Gasteiger partial charge in [-0.2, -0.15) is 0 Å². The highest BCUT2D eigenvalue weighted by atomic mass is 32.2. The largest absolute Gasteiger partial charge is 0.481 e. The first-order chi connectivity index (χ1) is 7.41. The number of hydrogen-bond donors (Lipinski definition) is 1. The molecule has 1 rings (SSSR count). The van der Waals surface area contributed by atoms with E-state index in [0.29, 0.717) is 0 Å². The van der Waals surface area contributed by atoms with E-state index in [4.69, 9.17) is 5.11 Å². The van der Waals surface area contributed by atoms with Gasteiger partial charge in [0.1, 0.15) is 0 Å². The van der Waals surface area contributed by atoms with Crippen LogP contribution in [0.4, 0.5) is 0 Å². The molecule has 0 saturated carbocycles. The van der Waals surface area contributed by atoms with Crippen LogP contribution in [0.2, 0.25) is 0 Å². The van der Waals surface area contributed by atoms with Crippen molar-refractivity contribution < 1.29 is 9.90 Å². The van der Waals surface area contributed by atoms with Crippen molar-refractivity contribution in [1.29, 1.82) is 0 Å². The molecule has 88 valence electrons. The lowest BCUT2D eigenvalue weighted by molar-refractivity contribution is -0.140. The fourth-order valence-electron chi connectivity index (χ4n) is 1.30. The summed E-state index contributed by atoms with van der Waals surface area (Å²) in [5.74, 6) is -1.06. The molecule has 0 fully saturated rings. The van der Waals surface area contributed by atoms with E-state index in [1.165, 1.54) is 11.1 Å². The Bertz CT molecular complexity index is 388. The second-order valence-corrected chi connectivity index (χ2v) is 5.65. The highest BCUT2D eigenvalue weighted by Gasteiger charge is 2.20. The van der Waals surface area contributed by atoms with E-state index in [1.807, 2.05) is 6.92 Å². The molecule has 3 heteroatoms. The monoisotopic (exact) mass is 238 g/mol. The minimum atomic E-state index is -0.733. The Morgan fingerprint density at radius 2 is 1.88 bits per heavy atom. The summed E-state index contributed by atoms with van der Waals surface area (Å²) in [5.41, 5.74) is 2.52. The first-order valence-electron chi connectivity index (χ1n) is 5.38. The fraction of sp³-hybridized carbons (Fsp3) is 0.462. The van der Waals surface area contributed by atoms with Crippen LogP contribution in [-0.2, 0) is 4.79 Å². The molecule has 1 N–H and O–H groups in total. The number of thioether (sulfide) groups is 1. The molecular formula is C13H18O2S. The fourth-order valence-corrected chi connectivity index (χ4v) is 2.45. The standard InChI is InChI=1S/C13H18O2S/c1-8-5-6-12(7-9(8)2)16-11(4)10(3)13(14)15/h5-7,10-11H,1-4H3,(H,14,15). The number of aliphatic carboxylic acids is 1. The predicted octanol–water partition coefficient (Wildman–Crippen LogP) is 3.50. The maximum absolute atomic E-state index is 10.8. The van der Waals surface area contributed by atoms with Gasteiger partial charge in [-0.05, 0) is 37.1 Å². The highest BCUT2D eigenvalue weighted by molar-refractivity contribution is 8.00. The van der Waals surface area contributed by atoms with Crippen molar-refractivity contribution in [3.63, 3.8) is 0 Å². The molecule has 16 heavy (non-hydrogen) atoms. The van der Waals surface area contributed by atoms with Gasteiger partial charge in [-0.25, -0.2) is 0 Å². The zero-order valence-corrected chi connectivity index (χ0v) is 11.0. The summed E-state index contributed by atoms with van der Waals surface area (Å²) < 4.78 is 0. The minimum absolute atomic E-state index is 0.0830. The van der Waals surface area contributed by atoms with Gasteiger partial charge in [-0.1, -0.05) is 19.9 Å². The third-order valence-electron chi connectivity index (χ3n) is 2.89. The molecule has 2 atom stereocenters. The zero-order valence-electron chi connectivity index (χ0n) is 10.2. The maximum Gasteiger partial charge on any atom is 0.307 e. The molecule has 0 radical (unpaired) electrons. The molecule has 0 amide bonds. The summed E-state index contributed by atoms with van der Waals surface area (Å²) in [7, 11) is 0. The first kappa shape index (κ1) is 13.1. The van der Waals surface area contributed by atoms with Crippen LogP contribution < -0.4 is 0 Å². The first-order valence-corrected chi connectivity index (χ1v) is 6.26. The van der Waals surface area contributed by atoms with E-state index in [-0.39, 0.29) is 11.2 Å². The minimum Gasteiger partial charge on any atom is -0.481 e. The average molecular weight is 238 g/mol. The number of aryl methyl sites for hydroxylation is 2. The molecule has 0 aliphatic rings. The molecule has 2 unspecified atom stereocenters. The molecule has 1 aromatic rings. The second kappa shape index (κ2) is 5.39. The van der Waals surface area contributed by atoms with Gasteiger partial charge >= 0.3 is 5.97 Å². The lowest BCUT2D eigenvalue weighted by Crippen LogP contribution is -2.19. The summed E-state index contributed by atoms with van der Waals surface area (Å²) in [6, 6.07) is 6.25. The van der Waals surface area contributed by atoms with Crippen molar-refractivity contribution in [3.05, 3.63) is 29.3 Å². The van der Waals surface area contributed by atoms with Crippen molar-refractivity contribution in [2.24, 2.45) is 5.92 Å². The van der Waals surface area contributed by atoms with Gasteiger partial charge in [0.2, 0.25) is 0 Å². The van der Waals surface area contributed by atoms with Gasteiger partial charge in [0.25, 0.3) is 0 Å². The molecule has 0 aromatic heterocycles. The maximum atomic E-state index is 10.8. The topological polar surface area (TPSA) is 37.3 Å². The molecule has 0 heterocycles. The summed E-state index contributed by atoms with van der Waals surface area (Å²) in [5, 5.41) is 9.00. The molecule has 2 nitrogen and oxygen atoms in total. The van der Waals surface area contributed by atoms with Crippen LogP contribution in [0.5, 0.6) is 0 Å². The Kier molecular flexibility index (Phi) is 4.42. The summed E-state index contributed by atoms with van der Waals surface area (Å²) in [6.07, 6.45) is 0. The summed E-state index contributed by atoms with van der Waals surface area (Å²) in [6.45, 7) is 7.86. The summed E-state index contributed by atoms with van der Waals surface area (Å²) >= 11 is 1.62. The number of carboxylic acid groups (broad SMARTS) is 1. The van der Waals surface area contributed by atoms with Gasteiger partial charge < -0.3 is 5.11 Å². The van der Waals surface area contributed by atoms with Crippen LogP contribution in [-0.4, -0.2) is 16.3 Å². The average Bonchev–Trinajstić information content (AvgIpc) is 2.22. The molecule has 0 saturated heterocycles. The van der Waals surface area contributed by atoms with E-state index < -0.39 is 5.97 Å². The Hall–Kier alpha value is -0.960. The van der Waals surface area contributed by atoms with E-state index in [2.05, 4.69) is 32.0 Å². The Morgan fingerprint density at radius 3 is 2.38 bits per heavy atom. The van der Waals surface area contributed by atoms with E-state index in [1.54, 1.807) is 18.7 Å². The van der Waals surface area contributed by atoms with Gasteiger partial charge in [0.15, 0.2) is 0 Å². The summed E-state index contributed by atoms with van der Waals surface area (Å²) in [4.78, 5) is 12.0. The highest BCUT2D eigenvalue weighted by Crippen LogP contribution is 2.29. The number of hydrogen-bond acceptors (Lipinski definition) is 2. The van der Waals surface area contributed by atoms with Gasteiger partial charge in [-0.3, -0.25) is 4.79 Å². The lowest BCUT2D eigenvalue weighted by atomic mass is 10.1. The number of rotatable bonds is 4. The molecule has 0 bridgehead atoms. The van der Waals surface area contributed by atoms with Crippen LogP contribution in [0.3, 0.4) is 0 Å². The molecule has 0 aliphatic carbocycles. The number of carbonyl (C=O) groups is 1. The van der Waals surface area contributed by atoms with E-state index in [0.717, 1.165) is 4.90 Å². The SMILES string of the molecule is Cc1ccc(SC(C)C(C)C(=O)O)cc1C. The number of carboxylic acids is 1. The van der Waals surface area contributed by atoms with Crippen molar-refractivity contribution >= 4 is 17.7 Å². The van der Waals surface area contributed by atoms with Crippen molar-refractivity contribution in [1.82, 2.24) is 0 Å². The third-order valence-corrected chi connectivity index (χ3v) is 4.20. The van der Waals surface area contributed by atoms with Crippen molar-refractivity contribution in [2.75, 3.05) is 0 Å². The van der Waals surface area contributed by atoms with Crippen LogP contribution >= 0.6 is 11.8 Å². The molecule has 0 spiro atoms. The molecule has 1 aromatic carbocycles. The molecule has 0 aliphatic heterocycles. The van der Waals surface area contributed by atoms with Crippen LogP contribution in [0.25, 0.3) is 0 Å². The Labute approximate surface area is 101 Å². The van der Waals surface area contributed by atoms with Crippen molar-refractivity contribution in [3.8, 4) is 0 Å². The van der Waals surface area contributed by atoms with Crippen LogP contribution in [0, 0.1) is 19.8 Å². The predicted molar refractivity (Wildman–Crippen MR) is 68.0 cm³/mol.